The van der Waals surface area contributed by atoms with Gasteiger partial charge in [-0.25, -0.2) is 9.18 Å². The molecule has 3 N–H and O–H groups in total. The van der Waals surface area contributed by atoms with Gasteiger partial charge in [0.1, 0.15) is 5.82 Å². The van der Waals surface area contributed by atoms with Crippen molar-refractivity contribution < 1.29 is 14.3 Å². The van der Waals surface area contributed by atoms with Crippen LogP contribution >= 0.6 is 0 Å². The molecule has 6 heteroatoms. The molecule has 1 aromatic rings. The maximum atomic E-state index is 12.9. The molecular weight excluding hydrogens is 309 g/mol. The average molecular weight is 337 g/mol. The fraction of sp³-hybridized carbons (Fsp3) is 0.611. The van der Waals surface area contributed by atoms with Gasteiger partial charge >= 0.3 is 6.03 Å². The largest absolute Gasteiger partial charge is 0.387 e. The molecule has 1 aliphatic rings. The third kappa shape index (κ3) is 6.09. The van der Waals surface area contributed by atoms with Crippen molar-refractivity contribution in [1.29, 1.82) is 0 Å². The summed E-state index contributed by atoms with van der Waals surface area (Å²) in [6.45, 7) is 5.47. The van der Waals surface area contributed by atoms with E-state index in [9.17, 15) is 14.3 Å². The molecule has 0 radical (unpaired) electrons. The lowest BCUT2D eigenvalue weighted by molar-refractivity contribution is 0.168. The summed E-state index contributed by atoms with van der Waals surface area (Å²) in [7, 11) is 0. The van der Waals surface area contributed by atoms with E-state index in [2.05, 4.69) is 22.5 Å². The van der Waals surface area contributed by atoms with Crippen molar-refractivity contribution in [3.8, 4) is 0 Å². The van der Waals surface area contributed by atoms with E-state index in [1.54, 1.807) is 0 Å². The second kappa shape index (κ2) is 9.59. The molecular formula is C18H28FN3O2. The molecule has 1 aromatic carbocycles. The van der Waals surface area contributed by atoms with Crippen LogP contribution in [0.3, 0.4) is 0 Å². The molecule has 2 rings (SSSR count). The molecule has 1 unspecified atom stereocenters. The first kappa shape index (κ1) is 18.7. The Morgan fingerprint density at radius 2 is 2.00 bits per heavy atom. The van der Waals surface area contributed by atoms with E-state index in [1.165, 1.54) is 37.1 Å². The van der Waals surface area contributed by atoms with Gasteiger partial charge in [0.15, 0.2) is 0 Å². The highest BCUT2D eigenvalue weighted by atomic mass is 19.1. The molecule has 5 nitrogen and oxygen atoms in total. The van der Waals surface area contributed by atoms with E-state index in [4.69, 9.17) is 0 Å². The van der Waals surface area contributed by atoms with Crippen molar-refractivity contribution in [3.05, 3.63) is 35.6 Å². The van der Waals surface area contributed by atoms with E-state index in [0.29, 0.717) is 5.56 Å². The summed E-state index contributed by atoms with van der Waals surface area (Å²) in [5.41, 5.74) is 0.584. The van der Waals surface area contributed by atoms with Crippen LogP contribution in [0.2, 0.25) is 0 Å². The molecule has 0 saturated carbocycles. The standard InChI is InChI=1S/C18H28FN3O2/c1-2-3-10-22-11-8-16(9-12-22)21-18(24)20-13-17(23)14-4-6-15(19)7-5-14/h4-7,16-17,23H,2-3,8-13H2,1H3,(H2,20,21,24). The van der Waals surface area contributed by atoms with Crippen LogP contribution in [0, 0.1) is 5.82 Å². The SMILES string of the molecule is CCCCN1CCC(NC(=O)NCC(O)c2ccc(F)cc2)CC1. The molecule has 0 aliphatic carbocycles. The monoisotopic (exact) mass is 337 g/mol. The van der Waals surface area contributed by atoms with Crippen LogP contribution in [0.25, 0.3) is 0 Å². The Morgan fingerprint density at radius 1 is 1.33 bits per heavy atom. The van der Waals surface area contributed by atoms with Crippen molar-refractivity contribution >= 4 is 6.03 Å². The van der Waals surface area contributed by atoms with E-state index in [1.807, 2.05) is 0 Å². The predicted molar refractivity (Wildman–Crippen MR) is 92.3 cm³/mol. The maximum absolute atomic E-state index is 12.9. The Bertz CT molecular complexity index is 501. The van der Waals surface area contributed by atoms with Crippen LogP contribution < -0.4 is 10.6 Å². The number of aliphatic hydroxyl groups excluding tert-OH is 1. The van der Waals surface area contributed by atoms with Crippen molar-refractivity contribution in [1.82, 2.24) is 15.5 Å². The predicted octanol–water partition coefficient (Wildman–Crippen LogP) is 2.42. The summed E-state index contributed by atoms with van der Waals surface area (Å²) in [4.78, 5) is 14.4. The zero-order chi connectivity index (χ0) is 17.4. The highest BCUT2D eigenvalue weighted by Gasteiger charge is 2.20. The van der Waals surface area contributed by atoms with Crippen LogP contribution in [-0.2, 0) is 0 Å². The second-order valence-electron chi connectivity index (χ2n) is 6.39. The zero-order valence-corrected chi connectivity index (χ0v) is 14.3. The van der Waals surface area contributed by atoms with Gasteiger partial charge in [-0.1, -0.05) is 25.5 Å². The summed E-state index contributed by atoms with van der Waals surface area (Å²) in [6.07, 6.45) is 3.50. The molecule has 134 valence electrons. The molecule has 1 saturated heterocycles. The smallest absolute Gasteiger partial charge is 0.315 e. The van der Waals surface area contributed by atoms with Crippen LogP contribution in [-0.4, -0.2) is 48.3 Å². The number of nitrogens with zero attached hydrogens (tertiary/aromatic N) is 1. The first-order valence-corrected chi connectivity index (χ1v) is 8.78. The quantitative estimate of drug-likeness (QED) is 0.716. The average Bonchev–Trinajstić information content (AvgIpc) is 2.59. The summed E-state index contributed by atoms with van der Waals surface area (Å²) < 4.78 is 12.9. The number of likely N-dealkylation sites (tertiary alicyclic amines) is 1. The number of rotatable bonds is 7. The number of carbonyl (C=O) groups excluding carboxylic acids is 1. The van der Waals surface area contributed by atoms with Crippen molar-refractivity contribution in [2.24, 2.45) is 0 Å². The minimum Gasteiger partial charge on any atom is -0.387 e. The number of benzene rings is 1. The van der Waals surface area contributed by atoms with E-state index in [0.717, 1.165) is 32.5 Å². The molecule has 1 heterocycles. The topological polar surface area (TPSA) is 64.6 Å². The van der Waals surface area contributed by atoms with Gasteiger partial charge in [-0.15, -0.1) is 0 Å². The maximum Gasteiger partial charge on any atom is 0.315 e. The number of halogens is 1. The van der Waals surface area contributed by atoms with Crippen molar-refractivity contribution in [3.63, 3.8) is 0 Å². The van der Waals surface area contributed by atoms with E-state index in [-0.39, 0.29) is 24.4 Å². The lowest BCUT2D eigenvalue weighted by Crippen LogP contribution is -2.48. The van der Waals surface area contributed by atoms with Crippen molar-refractivity contribution in [2.45, 2.75) is 44.8 Å². The lowest BCUT2D eigenvalue weighted by Gasteiger charge is -2.32. The number of hydrogen-bond donors (Lipinski definition) is 3. The van der Waals surface area contributed by atoms with Crippen LogP contribution in [0.1, 0.15) is 44.3 Å². The fourth-order valence-corrected chi connectivity index (χ4v) is 2.91. The minimum atomic E-state index is -0.841. The van der Waals surface area contributed by atoms with Gasteiger partial charge in [-0.2, -0.15) is 0 Å². The van der Waals surface area contributed by atoms with Gasteiger partial charge in [-0.3, -0.25) is 0 Å². The van der Waals surface area contributed by atoms with Gasteiger partial charge in [-0.05, 0) is 43.5 Å². The highest BCUT2D eigenvalue weighted by Crippen LogP contribution is 2.13. The fourth-order valence-electron chi connectivity index (χ4n) is 2.91. The Morgan fingerprint density at radius 3 is 2.62 bits per heavy atom. The van der Waals surface area contributed by atoms with Gasteiger partial charge < -0.3 is 20.6 Å². The molecule has 2 amide bonds. The Balaban J connectivity index is 1.65. The summed E-state index contributed by atoms with van der Waals surface area (Å²) >= 11 is 0. The highest BCUT2D eigenvalue weighted by molar-refractivity contribution is 5.74. The van der Waals surface area contributed by atoms with Crippen LogP contribution in [0.5, 0.6) is 0 Å². The summed E-state index contributed by atoms with van der Waals surface area (Å²) in [5.74, 6) is -0.345. The summed E-state index contributed by atoms with van der Waals surface area (Å²) in [5, 5.41) is 15.7. The van der Waals surface area contributed by atoms with Gasteiger partial charge in [0.2, 0.25) is 0 Å². The second-order valence-corrected chi connectivity index (χ2v) is 6.39. The Labute approximate surface area is 143 Å². The number of urea groups is 1. The number of hydrogen-bond acceptors (Lipinski definition) is 3. The third-order valence-electron chi connectivity index (χ3n) is 4.46. The van der Waals surface area contributed by atoms with E-state index < -0.39 is 6.10 Å². The van der Waals surface area contributed by atoms with E-state index >= 15 is 0 Å². The molecule has 24 heavy (non-hydrogen) atoms. The Kier molecular flexibility index (Phi) is 7.46. The number of aliphatic hydroxyl groups is 1. The van der Waals surface area contributed by atoms with Gasteiger partial charge in [0.25, 0.3) is 0 Å². The number of nitrogens with one attached hydrogen (secondary N) is 2. The van der Waals surface area contributed by atoms with Gasteiger partial charge in [0.05, 0.1) is 6.10 Å². The Hall–Kier alpha value is -1.66. The minimum absolute atomic E-state index is 0.104. The third-order valence-corrected chi connectivity index (χ3v) is 4.46. The number of unbranched alkanes of at least 4 members (excludes halogenated alkanes) is 1. The number of carbonyl (C=O) groups is 1. The van der Waals surface area contributed by atoms with Crippen LogP contribution in [0.15, 0.2) is 24.3 Å². The first-order chi connectivity index (χ1) is 11.6. The molecule has 1 fully saturated rings. The molecule has 0 bridgehead atoms. The molecule has 1 atom stereocenters. The molecule has 0 aromatic heterocycles. The van der Waals surface area contributed by atoms with Crippen LogP contribution in [0.4, 0.5) is 9.18 Å². The lowest BCUT2D eigenvalue weighted by atomic mass is 10.0. The normalized spacial score (nSPS) is 17.5. The summed E-state index contributed by atoms with van der Waals surface area (Å²) in [6, 6.07) is 5.56. The zero-order valence-electron chi connectivity index (χ0n) is 14.3. The van der Waals surface area contributed by atoms with Gasteiger partial charge in [0, 0.05) is 25.7 Å². The molecule has 1 aliphatic heterocycles. The number of piperidine rings is 1. The van der Waals surface area contributed by atoms with Crippen molar-refractivity contribution in [2.75, 3.05) is 26.2 Å². The first-order valence-electron chi connectivity index (χ1n) is 8.78. The molecule has 0 spiro atoms. The number of amides is 2.